The Kier molecular flexibility index (Phi) is 29.1. The SMILES string of the molecule is CCCCCCCCCCCCCCCC(=O)O.[NaH].[Zn]. The topological polar surface area (TPSA) is 37.3 Å². The van der Waals surface area contributed by atoms with Gasteiger partial charge in [0.25, 0.3) is 0 Å². The predicted octanol–water partition coefficient (Wildman–Crippen LogP) is 4.90. The summed E-state index contributed by atoms with van der Waals surface area (Å²) in [5, 5.41) is 8.49. The third-order valence-electron chi connectivity index (χ3n) is 3.49. The van der Waals surface area contributed by atoms with Crippen molar-refractivity contribution in [1.82, 2.24) is 0 Å². The Morgan fingerprint density at radius 1 is 0.700 bits per heavy atom. The molecule has 0 rings (SSSR count). The summed E-state index contributed by atoms with van der Waals surface area (Å²) in [4.78, 5) is 10.3. The second kappa shape index (κ2) is 22.4. The Labute approximate surface area is 160 Å². The van der Waals surface area contributed by atoms with Crippen LogP contribution in [0.2, 0.25) is 0 Å². The van der Waals surface area contributed by atoms with Gasteiger partial charge in [0, 0.05) is 25.9 Å². The van der Waals surface area contributed by atoms with Crippen LogP contribution in [0, 0.1) is 0 Å². The molecule has 0 aromatic heterocycles. The fraction of sp³-hybridized carbons (Fsp3) is 0.938. The summed E-state index contributed by atoms with van der Waals surface area (Å²) in [7, 11) is 0. The first kappa shape index (κ1) is 26.0. The van der Waals surface area contributed by atoms with E-state index in [1.54, 1.807) is 0 Å². The van der Waals surface area contributed by atoms with Gasteiger partial charge in [0.2, 0.25) is 0 Å². The Hall–Kier alpha value is 1.09. The van der Waals surface area contributed by atoms with Gasteiger partial charge in [-0.05, 0) is 6.42 Å². The van der Waals surface area contributed by atoms with E-state index in [1.165, 1.54) is 70.6 Å². The molecule has 0 aromatic rings. The largest absolute Gasteiger partial charge is 0 e. The molecule has 0 saturated carbocycles. The molecule has 0 spiro atoms. The zero-order valence-electron chi connectivity index (χ0n) is 13.0. The van der Waals surface area contributed by atoms with Crippen LogP contribution < -0.4 is 0 Å². The second-order valence-electron chi connectivity index (χ2n) is 5.39. The van der Waals surface area contributed by atoms with Crippen LogP contribution in [0.4, 0.5) is 0 Å². The van der Waals surface area contributed by atoms with Crippen molar-refractivity contribution in [3.63, 3.8) is 0 Å². The van der Waals surface area contributed by atoms with Crippen LogP contribution in [0.25, 0.3) is 0 Å². The quantitative estimate of drug-likeness (QED) is 0.359. The van der Waals surface area contributed by atoms with Gasteiger partial charge in [-0.3, -0.25) is 4.79 Å². The molecule has 0 radical (unpaired) electrons. The van der Waals surface area contributed by atoms with E-state index in [2.05, 4.69) is 6.92 Å². The van der Waals surface area contributed by atoms with Crippen molar-refractivity contribution in [2.24, 2.45) is 0 Å². The van der Waals surface area contributed by atoms with E-state index >= 15 is 0 Å². The number of unbranched alkanes of at least 4 members (excludes halogenated alkanes) is 12. The van der Waals surface area contributed by atoms with Crippen molar-refractivity contribution in [3.8, 4) is 0 Å². The minimum Gasteiger partial charge on any atom is 0 e. The fourth-order valence-corrected chi connectivity index (χ4v) is 2.29. The van der Waals surface area contributed by atoms with Crippen molar-refractivity contribution in [2.75, 3.05) is 0 Å². The number of hydrogen-bond acceptors (Lipinski definition) is 1. The van der Waals surface area contributed by atoms with Gasteiger partial charge in [-0.2, -0.15) is 0 Å². The predicted molar refractivity (Wildman–Crippen MR) is 85.1 cm³/mol. The maximum absolute atomic E-state index is 10.3. The molecule has 2 nitrogen and oxygen atoms in total. The molecule has 0 unspecified atom stereocenters. The molecule has 0 fully saturated rings. The van der Waals surface area contributed by atoms with Crippen LogP contribution in [-0.2, 0) is 24.3 Å². The smallest absolute Gasteiger partial charge is 0 e. The van der Waals surface area contributed by atoms with Gasteiger partial charge in [0.05, 0.1) is 0 Å². The molecule has 0 aliphatic rings. The molecule has 112 valence electrons. The number of carbonyl (C=O) groups is 1. The molecule has 0 atom stereocenters. The third kappa shape index (κ3) is 24.1. The summed E-state index contributed by atoms with van der Waals surface area (Å²) >= 11 is 0. The normalized spacial score (nSPS) is 9.65. The van der Waals surface area contributed by atoms with Crippen LogP contribution >= 0.6 is 0 Å². The number of carboxylic acid groups (broad SMARTS) is 1. The first-order chi connectivity index (χ1) is 8.77. The third-order valence-corrected chi connectivity index (χ3v) is 3.49. The molecule has 0 aliphatic heterocycles. The first-order valence-corrected chi connectivity index (χ1v) is 7.99. The molecule has 0 aliphatic carbocycles. The van der Waals surface area contributed by atoms with Gasteiger partial charge in [-0.25, -0.2) is 0 Å². The zero-order chi connectivity index (χ0) is 13.5. The van der Waals surface area contributed by atoms with E-state index in [9.17, 15) is 4.79 Å². The van der Waals surface area contributed by atoms with Crippen molar-refractivity contribution < 1.29 is 29.4 Å². The maximum atomic E-state index is 10.3. The van der Waals surface area contributed by atoms with Crippen LogP contribution in [0.5, 0.6) is 0 Å². The molecule has 0 saturated heterocycles. The number of rotatable bonds is 14. The van der Waals surface area contributed by atoms with E-state index in [1.807, 2.05) is 0 Å². The Balaban J connectivity index is -0.00000144. The van der Waals surface area contributed by atoms with Crippen LogP contribution in [0.15, 0.2) is 0 Å². The molecule has 0 amide bonds. The van der Waals surface area contributed by atoms with E-state index in [0.29, 0.717) is 6.42 Å². The van der Waals surface area contributed by atoms with E-state index in [-0.39, 0.29) is 49.0 Å². The maximum Gasteiger partial charge on any atom is 0 e. The summed E-state index contributed by atoms with van der Waals surface area (Å²) in [5.41, 5.74) is 0. The molecule has 20 heavy (non-hydrogen) atoms. The number of hydrogen-bond donors (Lipinski definition) is 1. The van der Waals surface area contributed by atoms with Gasteiger partial charge in [0.1, 0.15) is 0 Å². The summed E-state index contributed by atoms with van der Waals surface area (Å²) in [6.07, 6.45) is 17.3. The standard InChI is InChI=1S/C16H32O2.Na.Zn.H/c1-2-3-4-5-6-7-8-9-10-11-12-13-14-15-16(17)18;;;/h2-15H2,1H3,(H,17,18);;;. The first-order valence-electron chi connectivity index (χ1n) is 7.99. The molecule has 0 aromatic carbocycles. The summed E-state index contributed by atoms with van der Waals surface area (Å²) in [6.45, 7) is 2.26. The monoisotopic (exact) mass is 344 g/mol. The average molecular weight is 346 g/mol. The number of aliphatic carboxylic acids is 1. The molecule has 1 N–H and O–H groups in total. The summed E-state index contributed by atoms with van der Waals surface area (Å²) < 4.78 is 0. The molecular weight excluding hydrogens is 313 g/mol. The molecule has 0 heterocycles. The zero-order valence-corrected chi connectivity index (χ0v) is 15.9. The van der Waals surface area contributed by atoms with E-state index in [0.717, 1.165) is 12.8 Å². The van der Waals surface area contributed by atoms with Crippen LogP contribution in [0.1, 0.15) is 96.8 Å². The van der Waals surface area contributed by atoms with Crippen molar-refractivity contribution >= 4 is 35.5 Å². The average Bonchev–Trinajstić information content (AvgIpc) is 2.34. The number of carboxylic acids is 1. The minimum absolute atomic E-state index is 0. The molecule has 0 bridgehead atoms. The van der Waals surface area contributed by atoms with Gasteiger partial charge in [-0.15, -0.1) is 0 Å². The van der Waals surface area contributed by atoms with Crippen LogP contribution in [-0.4, -0.2) is 40.6 Å². The summed E-state index contributed by atoms with van der Waals surface area (Å²) in [5.74, 6) is -0.655. The van der Waals surface area contributed by atoms with E-state index in [4.69, 9.17) is 5.11 Å². The van der Waals surface area contributed by atoms with Crippen molar-refractivity contribution in [3.05, 3.63) is 0 Å². The van der Waals surface area contributed by atoms with E-state index < -0.39 is 5.97 Å². The summed E-state index contributed by atoms with van der Waals surface area (Å²) in [6, 6.07) is 0. The van der Waals surface area contributed by atoms with Gasteiger partial charge in [0.15, 0.2) is 0 Å². The Morgan fingerprint density at radius 2 is 1.00 bits per heavy atom. The van der Waals surface area contributed by atoms with Crippen LogP contribution in [0.3, 0.4) is 0 Å². The Morgan fingerprint density at radius 3 is 1.30 bits per heavy atom. The molecular formula is C16H33NaO2Zn. The second-order valence-corrected chi connectivity index (χ2v) is 5.39. The Bertz CT molecular complexity index is 189. The van der Waals surface area contributed by atoms with Crippen molar-refractivity contribution in [2.45, 2.75) is 96.8 Å². The van der Waals surface area contributed by atoms with Gasteiger partial charge >= 0.3 is 35.5 Å². The van der Waals surface area contributed by atoms with Gasteiger partial charge in [-0.1, -0.05) is 84.0 Å². The van der Waals surface area contributed by atoms with Crippen molar-refractivity contribution in [1.29, 1.82) is 0 Å². The van der Waals surface area contributed by atoms with Gasteiger partial charge < -0.3 is 5.11 Å². The minimum atomic E-state index is -0.655. The fourth-order valence-electron chi connectivity index (χ4n) is 2.29. The molecule has 4 heteroatoms.